The van der Waals surface area contributed by atoms with Crippen LogP contribution in [0, 0.1) is 0 Å². The number of benzene rings is 2. The topological polar surface area (TPSA) is 60.5 Å². The molecular weight excluding hydrogens is 454 g/mol. The molecule has 0 atom stereocenters. The van der Waals surface area contributed by atoms with Crippen LogP contribution in [0.15, 0.2) is 47.8 Å². The van der Waals surface area contributed by atoms with Gasteiger partial charge in [-0.1, -0.05) is 41.4 Å². The zero-order chi connectivity index (χ0) is 22.4. The third-order valence-electron chi connectivity index (χ3n) is 5.64. The van der Waals surface area contributed by atoms with Crippen LogP contribution in [0.3, 0.4) is 0 Å². The van der Waals surface area contributed by atoms with Crippen molar-refractivity contribution in [3.8, 4) is 11.3 Å². The molecule has 5 nitrogen and oxygen atoms in total. The number of nitrogens with one attached hydrogen (secondary N) is 1. The van der Waals surface area contributed by atoms with E-state index in [1.54, 1.807) is 24.3 Å². The van der Waals surface area contributed by atoms with E-state index >= 15 is 0 Å². The van der Waals surface area contributed by atoms with E-state index in [0.29, 0.717) is 31.9 Å². The Hall–Kier alpha value is -1.90. The van der Waals surface area contributed by atoms with Crippen molar-refractivity contribution in [2.24, 2.45) is 0 Å². The monoisotopic (exact) mass is 474 g/mol. The molecule has 1 saturated heterocycles. The average Bonchev–Trinajstić information content (AvgIpc) is 3.23. The summed E-state index contributed by atoms with van der Waals surface area (Å²) in [7, 11) is -0.633. The maximum absolute atomic E-state index is 13.1. The summed E-state index contributed by atoms with van der Waals surface area (Å²) in [5, 5.41) is 6.23. The van der Waals surface area contributed by atoms with E-state index in [1.807, 2.05) is 51.3 Å². The minimum atomic E-state index is -0.633. The molecule has 3 aromatic rings. The lowest BCUT2D eigenvalue weighted by Crippen LogP contribution is -2.41. The predicted molar refractivity (Wildman–Crippen MR) is 128 cm³/mol. The molecule has 0 spiro atoms. The molecule has 0 unspecified atom stereocenters. The number of amides is 1. The molecule has 0 radical (unpaired) electrons. The summed E-state index contributed by atoms with van der Waals surface area (Å²) in [4.78, 5) is 17.6. The van der Waals surface area contributed by atoms with Crippen LogP contribution in [0.5, 0.6) is 0 Å². The van der Waals surface area contributed by atoms with Gasteiger partial charge in [0.25, 0.3) is 5.91 Å². The molecule has 9 heteroatoms. The van der Waals surface area contributed by atoms with Crippen LogP contribution in [0.1, 0.15) is 38.1 Å². The number of hydrogen-bond donors (Lipinski definition) is 1. The second kappa shape index (κ2) is 8.22. The first-order valence-corrected chi connectivity index (χ1v) is 11.4. The molecule has 160 valence electrons. The summed E-state index contributed by atoms with van der Waals surface area (Å²) in [6, 6.07) is 12.5. The van der Waals surface area contributed by atoms with E-state index in [2.05, 4.69) is 10.3 Å². The number of carbonyl (C=O) groups excluding carboxylic acids is 1. The molecule has 4 rings (SSSR count). The molecular formula is C22H21BCl2N2O3S. The highest BCUT2D eigenvalue weighted by Crippen LogP contribution is 2.37. The van der Waals surface area contributed by atoms with Gasteiger partial charge in [-0.3, -0.25) is 10.1 Å². The highest BCUT2D eigenvalue weighted by Gasteiger charge is 2.52. The Kier molecular flexibility index (Phi) is 5.92. The SMILES string of the molecule is CC1(C)OB(c2ccccc2C(=O)Nc2nc(-c3ccc(Cl)cc3Cl)cs2)OC1(C)C. The van der Waals surface area contributed by atoms with Crippen molar-refractivity contribution in [3.05, 3.63) is 63.5 Å². The molecule has 31 heavy (non-hydrogen) atoms. The smallest absolute Gasteiger partial charge is 0.399 e. The third kappa shape index (κ3) is 4.38. The van der Waals surface area contributed by atoms with Crippen molar-refractivity contribution in [2.45, 2.75) is 38.9 Å². The van der Waals surface area contributed by atoms with Gasteiger partial charge < -0.3 is 9.31 Å². The van der Waals surface area contributed by atoms with E-state index < -0.39 is 18.3 Å². The summed E-state index contributed by atoms with van der Waals surface area (Å²) in [6.45, 7) is 7.92. The highest BCUT2D eigenvalue weighted by atomic mass is 35.5. The number of nitrogens with zero attached hydrogens (tertiary/aromatic N) is 1. The first kappa shape index (κ1) is 22.3. The zero-order valence-corrected chi connectivity index (χ0v) is 19.9. The molecule has 1 fully saturated rings. The fraction of sp³-hybridized carbons (Fsp3) is 0.273. The Labute approximate surface area is 195 Å². The lowest BCUT2D eigenvalue weighted by atomic mass is 9.75. The molecule has 1 aliphatic rings. The van der Waals surface area contributed by atoms with Gasteiger partial charge in [0.15, 0.2) is 5.13 Å². The van der Waals surface area contributed by atoms with Crippen LogP contribution in [0.2, 0.25) is 10.0 Å². The van der Waals surface area contributed by atoms with Crippen molar-refractivity contribution in [2.75, 3.05) is 5.32 Å². The first-order chi connectivity index (χ1) is 14.6. The van der Waals surface area contributed by atoms with Crippen molar-refractivity contribution in [1.29, 1.82) is 0 Å². The molecule has 2 aromatic carbocycles. The highest BCUT2D eigenvalue weighted by molar-refractivity contribution is 7.14. The summed E-state index contributed by atoms with van der Waals surface area (Å²) in [5.74, 6) is -0.284. The Morgan fingerprint density at radius 1 is 1.06 bits per heavy atom. The molecule has 0 bridgehead atoms. The standard InChI is InChI=1S/C22H21BCl2N2O3S/c1-21(2)22(3,4)30-23(29-21)16-8-6-5-7-14(16)19(28)27-20-26-18(12-31-20)15-10-9-13(24)11-17(15)25/h5-12H,1-4H3,(H,26,27,28). The quantitative estimate of drug-likeness (QED) is 0.495. The van der Waals surface area contributed by atoms with Gasteiger partial charge in [-0.05, 0) is 57.4 Å². The first-order valence-electron chi connectivity index (χ1n) is 9.74. The van der Waals surface area contributed by atoms with Crippen LogP contribution >= 0.6 is 34.5 Å². The molecule has 0 aliphatic carbocycles. The van der Waals surface area contributed by atoms with E-state index in [4.69, 9.17) is 32.5 Å². The molecule has 1 N–H and O–H groups in total. The Morgan fingerprint density at radius 2 is 1.74 bits per heavy atom. The summed E-state index contributed by atoms with van der Waals surface area (Å²) < 4.78 is 12.3. The second-order valence-electron chi connectivity index (χ2n) is 8.29. The molecule has 1 amide bonds. The van der Waals surface area contributed by atoms with Gasteiger partial charge in [0.05, 0.1) is 21.9 Å². The van der Waals surface area contributed by atoms with Crippen molar-refractivity contribution in [3.63, 3.8) is 0 Å². The fourth-order valence-electron chi connectivity index (χ4n) is 3.20. The Bertz CT molecular complexity index is 1130. The van der Waals surface area contributed by atoms with Gasteiger partial charge in [0, 0.05) is 21.5 Å². The summed E-state index contributed by atoms with van der Waals surface area (Å²) in [6.07, 6.45) is 0. The zero-order valence-electron chi connectivity index (χ0n) is 17.5. The van der Waals surface area contributed by atoms with Crippen LogP contribution < -0.4 is 10.8 Å². The van der Waals surface area contributed by atoms with E-state index in [1.165, 1.54) is 11.3 Å². The van der Waals surface area contributed by atoms with Gasteiger partial charge in [0.1, 0.15) is 0 Å². The predicted octanol–water partition coefficient (Wildman–Crippen LogP) is 5.67. The van der Waals surface area contributed by atoms with Crippen molar-refractivity contribution >= 4 is 58.2 Å². The second-order valence-corrected chi connectivity index (χ2v) is 9.99. The number of halogens is 2. The number of anilines is 1. The fourth-order valence-corrected chi connectivity index (χ4v) is 4.41. The number of carbonyl (C=O) groups is 1. The Morgan fingerprint density at radius 3 is 2.42 bits per heavy atom. The maximum Gasteiger partial charge on any atom is 0.495 e. The lowest BCUT2D eigenvalue weighted by molar-refractivity contribution is 0.00578. The summed E-state index contributed by atoms with van der Waals surface area (Å²) >= 11 is 13.6. The van der Waals surface area contributed by atoms with Gasteiger partial charge in [-0.15, -0.1) is 11.3 Å². The largest absolute Gasteiger partial charge is 0.495 e. The molecule has 2 heterocycles. The van der Waals surface area contributed by atoms with Crippen molar-refractivity contribution in [1.82, 2.24) is 4.98 Å². The number of thiazole rings is 1. The molecule has 0 saturated carbocycles. The van der Waals surface area contributed by atoms with Crippen LogP contribution in [-0.2, 0) is 9.31 Å². The van der Waals surface area contributed by atoms with Crippen molar-refractivity contribution < 1.29 is 14.1 Å². The minimum absolute atomic E-state index is 0.284. The minimum Gasteiger partial charge on any atom is -0.399 e. The van der Waals surface area contributed by atoms with E-state index in [0.717, 1.165) is 5.56 Å². The number of rotatable bonds is 4. The number of aromatic nitrogens is 1. The van der Waals surface area contributed by atoms with Crippen LogP contribution in [0.25, 0.3) is 11.3 Å². The van der Waals surface area contributed by atoms with Crippen LogP contribution in [-0.4, -0.2) is 29.2 Å². The molecule has 1 aliphatic heterocycles. The average molecular weight is 475 g/mol. The van der Waals surface area contributed by atoms with Crippen LogP contribution in [0.4, 0.5) is 5.13 Å². The molecule has 1 aromatic heterocycles. The normalized spacial score (nSPS) is 17.0. The summed E-state index contributed by atoms with van der Waals surface area (Å²) in [5.41, 5.74) is 1.58. The third-order valence-corrected chi connectivity index (χ3v) is 6.95. The van der Waals surface area contributed by atoms with Gasteiger partial charge >= 0.3 is 7.12 Å². The number of hydrogen-bond acceptors (Lipinski definition) is 5. The Balaban J connectivity index is 1.56. The van der Waals surface area contributed by atoms with E-state index in [-0.39, 0.29) is 5.91 Å². The van der Waals surface area contributed by atoms with Gasteiger partial charge in [0.2, 0.25) is 0 Å². The van der Waals surface area contributed by atoms with Gasteiger partial charge in [-0.25, -0.2) is 4.98 Å². The lowest BCUT2D eigenvalue weighted by Gasteiger charge is -2.32. The van der Waals surface area contributed by atoms with Gasteiger partial charge in [-0.2, -0.15) is 0 Å². The maximum atomic E-state index is 13.1. The van der Waals surface area contributed by atoms with E-state index in [9.17, 15) is 4.79 Å².